The van der Waals surface area contributed by atoms with E-state index in [-0.39, 0.29) is 0 Å². The van der Waals surface area contributed by atoms with Crippen molar-refractivity contribution >= 4 is 17.4 Å². The van der Waals surface area contributed by atoms with E-state index < -0.39 is 11.1 Å². The van der Waals surface area contributed by atoms with Gasteiger partial charge in [0.2, 0.25) is 5.88 Å². The van der Waals surface area contributed by atoms with Gasteiger partial charge in [0.05, 0.1) is 34.3 Å². The highest BCUT2D eigenvalue weighted by Gasteiger charge is 2.29. The van der Waals surface area contributed by atoms with Crippen LogP contribution in [0.2, 0.25) is 5.02 Å². The summed E-state index contributed by atoms with van der Waals surface area (Å²) in [6, 6.07) is 2.68. The Balaban J connectivity index is 1.36. The van der Waals surface area contributed by atoms with Gasteiger partial charge >= 0.3 is 0 Å². The minimum Gasteiger partial charge on any atom is -0.475 e. The van der Waals surface area contributed by atoms with E-state index in [1.165, 1.54) is 0 Å². The third-order valence-electron chi connectivity index (χ3n) is 6.64. The zero-order chi connectivity index (χ0) is 24.9. The Bertz CT molecular complexity index is 972. The Morgan fingerprint density at radius 3 is 2.60 bits per heavy atom. The first-order chi connectivity index (χ1) is 16.7. The number of pyridine rings is 1. The second-order valence-electron chi connectivity index (χ2n) is 10.4. The molecular formula is C25H37ClN6O3. The molecule has 1 aliphatic heterocycles. The Labute approximate surface area is 212 Å². The number of nitrogens with zero attached hydrogens (tertiary/aromatic N) is 3. The van der Waals surface area contributed by atoms with Crippen molar-refractivity contribution in [2.75, 3.05) is 31.7 Å². The highest BCUT2D eigenvalue weighted by molar-refractivity contribution is 6.33. The van der Waals surface area contributed by atoms with Crippen LogP contribution in [0.25, 0.3) is 11.3 Å². The maximum Gasteiger partial charge on any atom is 0.232 e. The molecule has 1 saturated carbocycles. The molecule has 0 radical (unpaired) electrons. The lowest BCUT2D eigenvalue weighted by Gasteiger charge is -2.32. The number of ether oxygens (including phenoxy) is 2. The van der Waals surface area contributed by atoms with Crippen molar-refractivity contribution in [2.45, 2.75) is 75.6 Å². The number of rotatable bonds is 9. The van der Waals surface area contributed by atoms with Crippen molar-refractivity contribution in [3.05, 3.63) is 29.7 Å². The topological polar surface area (TPSA) is 127 Å². The smallest absolute Gasteiger partial charge is 0.232 e. The van der Waals surface area contributed by atoms with Crippen molar-refractivity contribution in [3.8, 4) is 17.1 Å². The molecule has 2 aromatic heterocycles. The third kappa shape index (κ3) is 7.72. The molecule has 192 valence electrons. The summed E-state index contributed by atoms with van der Waals surface area (Å²) in [5, 5.41) is 17.5. The fourth-order valence-corrected chi connectivity index (χ4v) is 4.65. The molecular weight excluding hydrogens is 468 g/mol. The average Bonchev–Trinajstić information content (AvgIpc) is 2.84. The van der Waals surface area contributed by atoms with Crippen LogP contribution < -0.4 is 21.1 Å². The van der Waals surface area contributed by atoms with Gasteiger partial charge in [-0.15, -0.1) is 0 Å². The second kappa shape index (κ2) is 11.3. The van der Waals surface area contributed by atoms with E-state index in [0.717, 1.165) is 49.9 Å². The summed E-state index contributed by atoms with van der Waals surface area (Å²) >= 11 is 6.48. The van der Waals surface area contributed by atoms with Crippen LogP contribution in [0.3, 0.4) is 0 Å². The Hall–Kier alpha value is -2.04. The van der Waals surface area contributed by atoms with Gasteiger partial charge in [-0.1, -0.05) is 11.6 Å². The van der Waals surface area contributed by atoms with E-state index >= 15 is 0 Å². The van der Waals surface area contributed by atoms with Gasteiger partial charge in [0, 0.05) is 43.6 Å². The quantitative estimate of drug-likeness (QED) is 0.407. The molecule has 0 spiro atoms. The van der Waals surface area contributed by atoms with Gasteiger partial charge in [-0.05, 0) is 58.4 Å². The molecule has 2 fully saturated rings. The van der Waals surface area contributed by atoms with Crippen molar-refractivity contribution in [3.63, 3.8) is 0 Å². The van der Waals surface area contributed by atoms with Crippen LogP contribution in [0, 0.1) is 0 Å². The Kier molecular flexibility index (Phi) is 8.44. The molecule has 0 unspecified atom stereocenters. The molecule has 4 rings (SSSR count). The maximum atomic E-state index is 9.93. The standard InChI is InChI=1S/C25H37ClN6O3/c1-24(2,33)15-30-17-3-5-18(6-4-17)31-22-11-19(20(26)12-29-22)21-13-28-14-23(32-21)35-16-25(27)7-9-34-10-8-25/h11-14,17-18,30,33H,3-10,15-16,27H2,1-2H3,(H,29,31)/t17-,18-. The second-order valence-corrected chi connectivity index (χ2v) is 10.8. The SMILES string of the molecule is CC(C)(O)CN[C@H]1CC[C@H](Nc2cc(-c3cncc(OCC4(N)CCOCC4)n3)c(Cl)cn2)CC1. The molecule has 2 aromatic rings. The molecule has 3 heterocycles. The summed E-state index contributed by atoms with van der Waals surface area (Å²) in [7, 11) is 0. The number of hydrogen-bond acceptors (Lipinski definition) is 9. The molecule has 2 aliphatic rings. The fraction of sp³-hybridized carbons (Fsp3) is 0.640. The predicted molar refractivity (Wildman–Crippen MR) is 137 cm³/mol. The molecule has 0 atom stereocenters. The van der Waals surface area contributed by atoms with Crippen LogP contribution in [0.1, 0.15) is 52.4 Å². The number of halogens is 1. The van der Waals surface area contributed by atoms with Gasteiger partial charge in [0.25, 0.3) is 0 Å². The molecule has 9 nitrogen and oxygen atoms in total. The average molecular weight is 505 g/mol. The summed E-state index contributed by atoms with van der Waals surface area (Å²) in [6.45, 7) is 5.90. The summed E-state index contributed by atoms with van der Waals surface area (Å²) in [6.07, 6.45) is 10.6. The van der Waals surface area contributed by atoms with Gasteiger partial charge in [-0.3, -0.25) is 4.98 Å². The van der Waals surface area contributed by atoms with E-state index in [1.807, 2.05) is 19.9 Å². The first-order valence-corrected chi connectivity index (χ1v) is 12.8. The van der Waals surface area contributed by atoms with Crippen LogP contribution in [0.4, 0.5) is 5.82 Å². The van der Waals surface area contributed by atoms with E-state index in [4.69, 9.17) is 26.8 Å². The normalized spacial score (nSPS) is 22.5. The maximum absolute atomic E-state index is 9.93. The van der Waals surface area contributed by atoms with Crippen molar-refractivity contribution in [1.82, 2.24) is 20.3 Å². The molecule has 10 heteroatoms. The molecule has 0 bridgehead atoms. The minimum atomic E-state index is -0.694. The van der Waals surface area contributed by atoms with Crippen molar-refractivity contribution < 1.29 is 14.6 Å². The number of nitrogens with two attached hydrogens (primary N) is 1. The molecule has 1 aliphatic carbocycles. The largest absolute Gasteiger partial charge is 0.475 e. The Morgan fingerprint density at radius 2 is 1.89 bits per heavy atom. The van der Waals surface area contributed by atoms with Crippen molar-refractivity contribution in [1.29, 1.82) is 0 Å². The summed E-state index contributed by atoms with van der Waals surface area (Å²) in [5.74, 6) is 1.17. The van der Waals surface area contributed by atoms with Crippen molar-refractivity contribution in [2.24, 2.45) is 5.73 Å². The molecule has 0 aromatic carbocycles. The molecule has 5 N–H and O–H groups in total. The molecule has 0 amide bonds. The van der Waals surface area contributed by atoms with E-state index in [1.54, 1.807) is 18.6 Å². The monoisotopic (exact) mass is 504 g/mol. The van der Waals surface area contributed by atoms with Crippen LogP contribution in [-0.4, -0.2) is 69.6 Å². The van der Waals surface area contributed by atoms with Crippen LogP contribution >= 0.6 is 11.6 Å². The van der Waals surface area contributed by atoms with Gasteiger partial charge in [-0.25, -0.2) is 9.97 Å². The summed E-state index contributed by atoms with van der Waals surface area (Å²) < 4.78 is 11.3. The number of aliphatic hydroxyl groups is 1. The zero-order valence-electron chi connectivity index (χ0n) is 20.6. The lowest BCUT2D eigenvalue weighted by molar-refractivity contribution is 0.0335. The number of nitrogens with one attached hydrogen (secondary N) is 2. The minimum absolute atomic E-state index is 0.331. The highest BCUT2D eigenvalue weighted by atomic mass is 35.5. The molecule has 1 saturated heterocycles. The summed E-state index contributed by atoms with van der Waals surface area (Å²) in [4.78, 5) is 13.4. The van der Waals surface area contributed by atoms with Gasteiger partial charge in [0.15, 0.2) is 0 Å². The van der Waals surface area contributed by atoms with Crippen LogP contribution in [0.15, 0.2) is 24.7 Å². The fourth-order valence-electron chi connectivity index (χ4n) is 4.45. The van der Waals surface area contributed by atoms with Gasteiger partial charge < -0.3 is 30.9 Å². The first-order valence-electron chi connectivity index (χ1n) is 12.4. The summed E-state index contributed by atoms with van der Waals surface area (Å²) in [5.41, 5.74) is 6.69. The van der Waals surface area contributed by atoms with Crippen LogP contribution in [-0.2, 0) is 4.74 Å². The van der Waals surface area contributed by atoms with Gasteiger partial charge in [0.1, 0.15) is 12.4 Å². The lowest BCUT2D eigenvalue weighted by Crippen LogP contribution is -2.49. The Morgan fingerprint density at radius 1 is 1.17 bits per heavy atom. The van der Waals surface area contributed by atoms with Crippen LogP contribution in [0.5, 0.6) is 5.88 Å². The lowest BCUT2D eigenvalue weighted by atomic mass is 9.90. The zero-order valence-corrected chi connectivity index (χ0v) is 21.4. The first kappa shape index (κ1) is 26.0. The van der Waals surface area contributed by atoms with Gasteiger partial charge in [-0.2, -0.15) is 0 Å². The third-order valence-corrected chi connectivity index (χ3v) is 6.94. The van der Waals surface area contributed by atoms with E-state index in [9.17, 15) is 5.11 Å². The number of hydrogen-bond donors (Lipinski definition) is 4. The number of aromatic nitrogens is 3. The van der Waals surface area contributed by atoms with E-state index in [2.05, 4.69) is 25.6 Å². The predicted octanol–water partition coefficient (Wildman–Crippen LogP) is 3.16. The highest BCUT2D eigenvalue weighted by Crippen LogP contribution is 2.30. The van der Waals surface area contributed by atoms with E-state index in [0.29, 0.717) is 55.0 Å². The number of anilines is 1. The molecule has 35 heavy (non-hydrogen) atoms.